The van der Waals surface area contributed by atoms with Gasteiger partial charge in [-0.05, 0) is 22.5 Å². The van der Waals surface area contributed by atoms with Crippen LogP contribution in [0.5, 0.6) is 0 Å². The minimum atomic E-state index is -3.15. The summed E-state index contributed by atoms with van der Waals surface area (Å²) in [5, 5.41) is 7.08. The lowest BCUT2D eigenvalue weighted by Gasteiger charge is -2.38. The smallest absolute Gasteiger partial charge is 0.187 e. The molecule has 1 heterocycles. The summed E-state index contributed by atoms with van der Waals surface area (Å²) in [6.07, 6.45) is 0. The molecule has 0 aromatic rings. The molecule has 20 heavy (non-hydrogen) atoms. The van der Waals surface area contributed by atoms with Gasteiger partial charge < -0.3 is 0 Å². The van der Waals surface area contributed by atoms with Gasteiger partial charge in [-0.3, -0.25) is 0 Å². The fourth-order valence-corrected chi connectivity index (χ4v) is 9.07. The van der Waals surface area contributed by atoms with E-state index in [0.29, 0.717) is 16.6 Å². The maximum Gasteiger partial charge on any atom is 0.356 e. The van der Waals surface area contributed by atoms with E-state index < -0.39 is 19.7 Å². The molecule has 114 valence electrons. The first-order valence-corrected chi connectivity index (χ1v) is 10.7. The summed E-state index contributed by atoms with van der Waals surface area (Å²) in [6.45, 7) is 12.7. The van der Waals surface area contributed by atoms with Gasteiger partial charge in [-0.1, -0.05) is 64.1 Å². The third-order valence-corrected chi connectivity index (χ3v) is 11.7. The number of nitrogens with zero attached hydrogens (tertiary/aromatic N) is 2. The van der Waals surface area contributed by atoms with E-state index in [2.05, 4.69) is 63.2 Å². The zero-order valence-corrected chi connectivity index (χ0v) is 16.1. The molecule has 0 bridgehead atoms. The average molecular weight is 412 g/mol. The van der Waals surface area contributed by atoms with Gasteiger partial charge in [0.05, 0.1) is 4.43 Å². The van der Waals surface area contributed by atoms with Gasteiger partial charge in [-0.25, -0.2) is 0 Å². The predicted molar refractivity (Wildman–Crippen MR) is 90.2 cm³/mol. The molecule has 1 aliphatic heterocycles. The van der Waals surface area contributed by atoms with E-state index >= 15 is 0 Å². The largest absolute Gasteiger partial charge is 0.356 e. The number of hydrogen-bond acceptors (Lipinski definition) is 2. The van der Waals surface area contributed by atoms with Crippen LogP contribution in [-0.4, -0.2) is 24.1 Å². The molecule has 0 aliphatic carbocycles. The van der Waals surface area contributed by atoms with Crippen LogP contribution in [0, 0.1) is 11.5 Å². The lowest BCUT2D eigenvalue weighted by molar-refractivity contribution is 0.0266. The Labute approximate surface area is 135 Å². The van der Waals surface area contributed by atoms with Crippen molar-refractivity contribution in [2.45, 2.75) is 69.8 Å². The van der Waals surface area contributed by atoms with E-state index in [1.807, 2.05) is 22.6 Å². The van der Waals surface area contributed by atoms with Crippen molar-refractivity contribution in [1.29, 1.82) is 0 Å². The molecule has 0 radical (unpaired) electrons. The van der Waals surface area contributed by atoms with Crippen LogP contribution in [0.25, 0.3) is 0 Å². The van der Waals surface area contributed by atoms with Crippen LogP contribution in [0.1, 0.15) is 41.5 Å². The standard InChI is InChI=1S/C14H23F2IN2Si/c1-10(2)20(11(3)4,12(5)6)8-7-13(15,16)14(9-17)18-19-14/h10-12H,9H2,1-6H3. The highest BCUT2D eigenvalue weighted by Crippen LogP contribution is 2.45. The van der Waals surface area contributed by atoms with Gasteiger partial charge in [0.2, 0.25) is 0 Å². The maximum absolute atomic E-state index is 14.2. The van der Waals surface area contributed by atoms with Crippen LogP contribution in [0.3, 0.4) is 0 Å². The van der Waals surface area contributed by atoms with Crippen LogP contribution in [0.15, 0.2) is 10.2 Å². The van der Waals surface area contributed by atoms with Crippen LogP contribution in [0.2, 0.25) is 16.6 Å². The second-order valence-electron chi connectivity index (χ2n) is 6.37. The van der Waals surface area contributed by atoms with Gasteiger partial charge >= 0.3 is 5.92 Å². The molecular weight excluding hydrogens is 389 g/mol. The fraction of sp³-hybridized carbons (Fsp3) is 0.857. The summed E-state index contributed by atoms with van der Waals surface area (Å²) in [7, 11) is -2.13. The topological polar surface area (TPSA) is 24.7 Å². The maximum atomic E-state index is 14.2. The average Bonchev–Trinajstić information content (AvgIpc) is 3.08. The summed E-state index contributed by atoms with van der Waals surface area (Å²) in [5.74, 6) is -0.864. The Morgan fingerprint density at radius 3 is 1.70 bits per heavy atom. The van der Waals surface area contributed by atoms with Gasteiger partial charge in [0.25, 0.3) is 5.66 Å². The van der Waals surface area contributed by atoms with Crippen LogP contribution < -0.4 is 0 Å². The Bertz CT molecular complexity index is 422. The summed E-state index contributed by atoms with van der Waals surface area (Å²) >= 11 is 1.89. The molecule has 0 atom stereocenters. The molecule has 0 fully saturated rings. The molecule has 1 rings (SSSR count). The van der Waals surface area contributed by atoms with Crippen LogP contribution >= 0.6 is 22.6 Å². The van der Waals surface area contributed by atoms with Crippen LogP contribution in [-0.2, 0) is 0 Å². The normalized spacial score (nSPS) is 17.6. The fourth-order valence-electron chi connectivity index (χ4n) is 3.04. The van der Waals surface area contributed by atoms with Crippen molar-refractivity contribution in [1.82, 2.24) is 0 Å². The van der Waals surface area contributed by atoms with E-state index in [9.17, 15) is 8.78 Å². The lowest BCUT2D eigenvalue weighted by atomic mass is 10.1. The molecule has 0 amide bonds. The number of hydrogen-bond donors (Lipinski definition) is 0. The molecule has 0 aromatic carbocycles. The van der Waals surface area contributed by atoms with Crippen molar-refractivity contribution < 1.29 is 8.78 Å². The predicted octanol–water partition coefficient (Wildman–Crippen LogP) is 5.44. The molecule has 0 unspecified atom stereocenters. The molecule has 2 nitrogen and oxygen atoms in total. The van der Waals surface area contributed by atoms with Crippen molar-refractivity contribution in [2.24, 2.45) is 10.2 Å². The van der Waals surface area contributed by atoms with Crippen molar-refractivity contribution >= 4 is 30.7 Å². The molecule has 6 heteroatoms. The van der Waals surface area contributed by atoms with Gasteiger partial charge in [0.1, 0.15) is 8.07 Å². The Balaban J connectivity index is 3.18. The van der Waals surface area contributed by atoms with E-state index in [-0.39, 0.29) is 4.43 Å². The first-order valence-electron chi connectivity index (χ1n) is 6.98. The van der Waals surface area contributed by atoms with E-state index in [0.717, 1.165) is 0 Å². The monoisotopic (exact) mass is 412 g/mol. The minimum absolute atomic E-state index is 0.173. The van der Waals surface area contributed by atoms with Gasteiger partial charge in [0.15, 0.2) is 0 Å². The molecule has 0 saturated heterocycles. The lowest BCUT2D eigenvalue weighted by Crippen LogP contribution is -2.45. The highest BCUT2D eigenvalue weighted by atomic mass is 127. The summed E-state index contributed by atoms with van der Waals surface area (Å²) < 4.78 is 28.7. The van der Waals surface area contributed by atoms with Crippen molar-refractivity contribution in [3.8, 4) is 11.5 Å². The molecule has 0 aromatic heterocycles. The van der Waals surface area contributed by atoms with Gasteiger partial charge in [-0.15, -0.1) is 15.8 Å². The summed E-state index contributed by atoms with van der Waals surface area (Å²) in [5.41, 5.74) is 2.52. The quantitative estimate of drug-likeness (QED) is 0.249. The van der Waals surface area contributed by atoms with Gasteiger partial charge in [-0.2, -0.15) is 8.78 Å². The van der Waals surface area contributed by atoms with Gasteiger partial charge in [0, 0.05) is 0 Å². The number of rotatable bonds is 5. The highest BCUT2D eigenvalue weighted by Gasteiger charge is 2.61. The number of alkyl halides is 3. The van der Waals surface area contributed by atoms with E-state index in [1.54, 1.807) is 0 Å². The first-order chi connectivity index (χ1) is 9.06. The van der Waals surface area contributed by atoms with Crippen LogP contribution in [0.4, 0.5) is 8.78 Å². The number of halogens is 3. The first kappa shape index (κ1) is 18.0. The summed E-state index contributed by atoms with van der Waals surface area (Å²) in [4.78, 5) is 0. The molecule has 0 N–H and O–H groups in total. The SMILES string of the molecule is CC(C)[Si](C#CC(F)(F)C1(CI)N=N1)(C(C)C)C(C)C. The Kier molecular flexibility index (Phi) is 5.40. The summed E-state index contributed by atoms with van der Waals surface area (Å²) in [6, 6.07) is 0. The highest BCUT2D eigenvalue weighted by molar-refractivity contribution is 14.1. The molecule has 0 saturated carbocycles. The third kappa shape index (κ3) is 2.94. The zero-order chi connectivity index (χ0) is 15.8. The molecular formula is C14H23F2IN2Si. The second kappa shape index (κ2) is 5.99. The molecule has 1 aliphatic rings. The second-order valence-corrected chi connectivity index (χ2v) is 12.7. The van der Waals surface area contributed by atoms with Crippen molar-refractivity contribution in [2.75, 3.05) is 4.43 Å². The Morgan fingerprint density at radius 2 is 1.45 bits per heavy atom. The van der Waals surface area contributed by atoms with Crippen molar-refractivity contribution in [3.63, 3.8) is 0 Å². The molecule has 0 spiro atoms. The Morgan fingerprint density at radius 1 is 1.05 bits per heavy atom. The third-order valence-electron chi connectivity index (χ3n) is 4.33. The minimum Gasteiger partial charge on any atom is -0.187 e. The van der Waals surface area contributed by atoms with E-state index in [1.165, 1.54) is 0 Å². The Hall–Kier alpha value is -0.0331. The zero-order valence-electron chi connectivity index (χ0n) is 13.0. The van der Waals surface area contributed by atoms with Crippen molar-refractivity contribution in [3.05, 3.63) is 0 Å². The van der Waals surface area contributed by atoms with E-state index in [4.69, 9.17) is 0 Å².